The Morgan fingerprint density at radius 1 is 1.41 bits per heavy atom. The van der Waals surface area contributed by atoms with E-state index < -0.39 is 5.82 Å². The monoisotopic (exact) mass is 261 g/mol. The molecule has 0 saturated heterocycles. The second kappa shape index (κ2) is 6.07. The van der Waals surface area contributed by atoms with Gasteiger partial charge in [-0.05, 0) is 30.5 Å². The van der Waals surface area contributed by atoms with E-state index in [0.29, 0.717) is 24.3 Å². The summed E-state index contributed by atoms with van der Waals surface area (Å²) in [6.45, 7) is 2.39. The molecule has 96 valence electrons. The van der Waals surface area contributed by atoms with Gasteiger partial charge in [0.2, 0.25) is 0 Å². The molecule has 0 fully saturated rings. The minimum absolute atomic E-state index is 0.0164. The molecule has 1 aromatic rings. The van der Waals surface area contributed by atoms with Crippen LogP contribution < -0.4 is 15.2 Å². The SMILES string of the molecule is COc1cc(C(C)CCN)c(F)c(Cl)c1OC. The van der Waals surface area contributed by atoms with Gasteiger partial charge in [0.05, 0.1) is 14.2 Å². The number of ether oxygens (including phenoxy) is 2. The van der Waals surface area contributed by atoms with Crippen LogP contribution in [0.2, 0.25) is 5.02 Å². The summed E-state index contributed by atoms with van der Waals surface area (Å²) in [5, 5.41) is -0.0503. The molecule has 0 radical (unpaired) electrons. The Bertz CT molecular complexity index is 399. The number of halogens is 2. The summed E-state index contributed by atoms with van der Waals surface area (Å²) in [6.07, 6.45) is 0.683. The lowest BCUT2D eigenvalue weighted by atomic mass is 9.96. The molecule has 0 bridgehead atoms. The Morgan fingerprint density at radius 2 is 2.06 bits per heavy atom. The van der Waals surface area contributed by atoms with Crippen molar-refractivity contribution >= 4 is 11.6 Å². The summed E-state index contributed by atoms with van der Waals surface area (Å²) in [7, 11) is 2.91. The number of benzene rings is 1. The van der Waals surface area contributed by atoms with Crippen molar-refractivity contribution in [3.8, 4) is 11.5 Å². The van der Waals surface area contributed by atoms with E-state index >= 15 is 0 Å². The van der Waals surface area contributed by atoms with E-state index in [1.54, 1.807) is 6.07 Å². The minimum atomic E-state index is -0.467. The molecule has 1 aromatic carbocycles. The molecule has 0 heterocycles. The van der Waals surface area contributed by atoms with Gasteiger partial charge in [-0.2, -0.15) is 0 Å². The van der Waals surface area contributed by atoms with Crippen LogP contribution in [0.5, 0.6) is 11.5 Å². The van der Waals surface area contributed by atoms with Crippen molar-refractivity contribution in [3.63, 3.8) is 0 Å². The molecule has 5 heteroatoms. The number of hydrogen-bond acceptors (Lipinski definition) is 3. The fraction of sp³-hybridized carbons (Fsp3) is 0.500. The van der Waals surface area contributed by atoms with Crippen LogP contribution in [0.3, 0.4) is 0 Å². The van der Waals surface area contributed by atoms with Gasteiger partial charge in [-0.25, -0.2) is 4.39 Å². The van der Waals surface area contributed by atoms with Gasteiger partial charge in [0.25, 0.3) is 0 Å². The quantitative estimate of drug-likeness (QED) is 0.886. The molecule has 2 N–H and O–H groups in total. The molecule has 1 unspecified atom stereocenters. The van der Waals surface area contributed by atoms with Crippen molar-refractivity contribution < 1.29 is 13.9 Å². The second-order valence-corrected chi connectivity index (χ2v) is 4.19. The standard InChI is InChI=1S/C12H17ClFNO2/c1-7(4-5-15)8-6-9(16-2)12(17-3)10(13)11(8)14/h6-7H,4-5,15H2,1-3H3. The Labute approximate surface area is 106 Å². The topological polar surface area (TPSA) is 44.5 Å². The van der Waals surface area contributed by atoms with Gasteiger partial charge in [0, 0.05) is 0 Å². The van der Waals surface area contributed by atoms with Crippen LogP contribution in [-0.2, 0) is 0 Å². The largest absolute Gasteiger partial charge is 0.493 e. The Kier molecular flexibility index (Phi) is 5.02. The van der Waals surface area contributed by atoms with E-state index in [1.165, 1.54) is 14.2 Å². The number of nitrogens with two attached hydrogens (primary N) is 1. The third kappa shape index (κ3) is 2.82. The Hall–Kier alpha value is -1.00. The van der Waals surface area contributed by atoms with Crippen LogP contribution in [0.15, 0.2) is 6.07 Å². The van der Waals surface area contributed by atoms with Gasteiger partial charge in [-0.1, -0.05) is 18.5 Å². The number of rotatable bonds is 5. The van der Waals surface area contributed by atoms with Gasteiger partial charge < -0.3 is 15.2 Å². The van der Waals surface area contributed by atoms with E-state index in [1.807, 2.05) is 6.92 Å². The molecule has 0 aliphatic heterocycles. The molecule has 0 aromatic heterocycles. The van der Waals surface area contributed by atoms with E-state index in [-0.39, 0.29) is 16.7 Å². The first-order valence-corrected chi connectivity index (χ1v) is 5.74. The highest BCUT2D eigenvalue weighted by Crippen LogP contribution is 2.41. The predicted molar refractivity (Wildman–Crippen MR) is 66.6 cm³/mol. The normalized spacial score (nSPS) is 12.4. The highest BCUT2D eigenvalue weighted by Gasteiger charge is 2.21. The summed E-state index contributed by atoms with van der Waals surface area (Å²) in [4.78, 5) is 0. The molecular formula is C12H17ClFNO2. The summed E-state index contributed by atoms with van der Waals surface area (Å²) in [6, 6.07) is 1.61. The highest BCUT2D eigenvalue weighted by atomic mass is 35.5. The third-order valence-electron chi connectivity index (χ3n) is 2.71. The predicted octanol–water partition coefficient (Wildman–Crippen LogP) is 2.95. The van der Waals surface area contributed by atoms with E-state index in [2.05, 4.69) is 0 Å². The highest BCUT2D eigenvalue weighted by molar-refractivity contribution is 6.32. The van der Waals surface area contributed by atoms with Crippen LogP contribution in [0.1, 0.15) is 24.8 Å². The zero-order chi connectivity index (χ0) is 13.0. The second-order valence-electron chi connectivity index (χ2n) is 3.81. The number of hydrogen-bond donors (Lipinski definition) is 1. The number of methoxy groups -OCH3 is 2. The maximum atomic E-state index is 14.0. The van der Waals surface area contributed by atoms with Crippen LogP contribution in [-0.4, -0.2) is 20.8 Å². The summed E-state index contributed by atoms with van der Waals surface area (Å²) in [5.74, 6) is 0.163. The van der Waals surface area contributed by atoms with Gasteiger partial charge in [-0.3, -0.25) is 0 Å². The van der Waals surface area contributed by atoms with Crippen molar-refractivity contribution in [1.82, 2.24) is 0 Å². The van der Waals surface area contributed by atoms with Gasteiger partial charge in [0.15, 0.2) is 11.5 Å². The van der Waals surface area contributed by atoms with Gasteiger partial charge in [-0.15, -0.1) is 0 Å². The zero-order valence-electron chi connectivity index (χ0n) is 10.2. The summed E-state index contributed by atoms with van der Waals surface area (Å²) < 4.78 is 24.2. The van der Waals surface area contributed by atoms with Crippen molar-refractivity contribution in [3.05, 3.63) is 22.5 Å². The first-order valence-electron chi connectivity index (χ1n) is 5.36. The molecule has 0 saturated carbocycles. The maximum absolute atomic E-state index is 14.0. The molecule has 0 aliphatic rings. The molecular weight excluding hydrogens is 245 g/mol. The van der Waals surface area contributed by atoms with Gasteiger partial charge in [0.1, 0.15) is 10.8 Å². The first kappa shape index (κ1) is 14.1. The molecule has 1 atom stereocenters. The molecule has 0 aliphatic carbocycles. The maximum Gasteiger partial charge on any atom is 0.182 e. The van der Waals surface area contributed by atoms with E-state index in [0.717, 1.165) is 0 Å². The van der Waals surface area contributed by atoms with E-state index in [9.17, 15) is 4.39 Å². The fourth-order valence-corrected chi connectivity index (χ4v) is 1.99. The Morgan fingerprint density at radius 3 is 2.53 bits per heavy atom. The van der Waals surface area contributed by atoms with Crippen molar-refractivity contribution in [2.45, 2.75) is 19.3 Å². The van der Waals surface area contributed by atoms with Crippen LogP contribution in [0.4, 0.5) is 4.39 Å². The fourth-order valence-electron chi connectivity index (χ4n) is 1.71. The van der Waals surface area contributed by atoms with Crippen molar-refractivity contribution in [1.29, 1.82) is 0 Å². The average Bonchev–Trinajstić information content (AvgIpc) is 2.32. The third-order valence-corrected chi connectivity index (χ3v) is 3.05. The lowest BCUT2D eigenvalue weighted by Gasteiger charge is -2.17. The first-order chi connectivity index (χ1) is 8.06. The lowest BCUT2D eigenvalue weighted by molar-refractivity contribution is 0.351. The molecule has 0 amide bonds. The summed E-state index contributed by atoms with van der Waals surface area (Å²) >= 11 is 5.92. The molecule has 3 nitrogen and oxygen atoms in total. The van der Waals surface area contributed by atoms with Crippen LogP contribution in [0.25, 0.3) is 0 Å². The van der Waals surface area contributed by atoms with Crippen LogP contribution in [0, 0.1) is 5.82 Å². The van der Waals surface area contributed by atoms with Crippen LogP contribution >= 0.6 is 11.6 Å². The van der Waals surface area contributed by atoms with Crippen molar-refractivity contribution in [2.75, 3.05) is 20.8 Å². The zero-order valence-corrected chi connectivity index (χ0v) is 11.0. The van der Waals surface area contributed by atoms with E-state index in [4.69, 9.17) is 26.8 Å². The molecule has 1 rings (SSSR count). The lowest BCUT2D eigenvalue weighted by Crippen LogP contribution is -2.07. The van der Waals surface area contributed by atoms with Crippen molar-refractivity contribution in [2.24, 2.45) is 5.73 Å². The summed E-state index contributed by atoms with van der Waals surface area (Å²) in [5.41, 5.74) is 5.97. The average molecular weight is 262 g/mol. The van der Waals surface area contributed by atoms with Gasteiger partial charge >= 0.3 is 0 Å². The molecule has 17 heavy (non-hydrogen) atoms. The minimum Gasteiger partial charge on any atom is -0.493 e. The molecule has 0 spiro atoms. The smallest absolute Gasteiger partial charge is 0.182 e. The Balaban J connectivity index is 3.28.